The Morgan fingerprint density at radius 3 is 2.69 bits per heavy atom. The molecule has 2 aromatic rings. The number of nitrogens with one attached hydrogen (secondary N) is 2. The number of nitrogens with zero attached hydrogens (tertiary/aromatic N) is 1. The average Bonchev–Trinajstić information content (AvgIpc) is 2.62. The minimum atomic E-state index is -0.472. The number of esters is 1. The van der Waals surface area contributed by atoms with E-state index in [2.05, 4.69) is 29.5 Å². The third kappa shape index (κ3) is 5.58. The monoisotopic (exact) mass is 355 g/mol. The molecule has 1 aromatic heterocycles. The maximum Gasteiger partial charge on any atom is 0.340 e. The van der Waals surface area contributed by atoms with Crippen LogP contribution in [0.1, 0.15) is 48.0 Å². The summed E-state index contributed by atoms with van der Waals surface area (Å²) in [6.45, 7) is 7.16. The zero-order chi connectivity index (χ0) is 18.9. The first-order valence-corrected chi connectivity index (χ1v) is 8.78. The number of pyridine rings is 1. The van der Waals surface area contributed by atoms with Gasteiger partial charge in [-0.15, -0.1) is 0 Å². The van der Waals surface area contributed by atoms with Crippen molar-refractivity contribution in [3.8, 4) is 0 Å². The summed E-state index contributed by atoms with van der Waals surface area (Å²) >= 11 is 0. The number of amides is 1. The van der Waals surface area contributed by atoms with Gasteiger partial charge in [0.1, 0.15) is 5.69 Å². The largest absolute Gasteiger partial charge is 0.462 e. The van der Waals surface area contributed by atoms with Crippen molar-refractivity contribution in [1.82, 2.24) is 4.98 Å². The van der Waals surface area contributed by atoms with E-state index in [-0.39, 0.29) is 18.2 Å². The third-order valence-corrected chi connectivity index (χ3v) is 3.71. The van der Waals surface area contributed by atoms with Crippen LogP contribution in [0.25, 0.3) is 0 Å². The topological polar surface area (TPSA) is 80.3 Å². The Bertz CT molecular complexity index is 759. The van der Waals surface area contributed by atoms with Crippen LogP contribution in [0, 0.1) is 5.92 Å². The second kappa shape index (κ2) is 9.56. The van der Waals surface area contributed by atoms with Crippen molar-refractivity contribution in [1.29, 1.82) is 0 Å². The third-order valence-electron chi connectivity index (χ3n) is 3.71. The van der Waals surface area contributed by atoms with Crippen LogP contribution in [0.2, 0.25) is 0 Å². The van der Waals surface area contributed by atoms with Gasteiger partial charge in [0.2, 0.25) is 0 Å². The van der Waals surface area contributed by atoms with Crippen LogP contribution in [0.3, 0.4) is 0 Å². The average molecular weight is 355 g/mol. The van der Waals surface area contributed by atoms with Crippen molar-refractivity contribution >= 4 is 23.3 Å². The summed E-state index contributed by atoms with van der Waals surface area (Å²) in [6.07, 6.45) is 2.63. The molecule has 0 saturated carbocycles. The molecule has 0 fully saturated rings. The van der Waals surface area contributed by atoms with Crippen molar-refractivity contribution in [2.24, 2.45) is 5.92 Å². The smallest absolute Gasteiger partial charge is 0.340 e. The lowest BCUT2D eigenvalue weighted by atomic mass is 10.1. The van der Waals surface area contributed by atoms with Gasteiger partial charge in [0.15, 0.2) is 0 Å². The molecule has 1 aromatic carbocycles. The van der Waals surface area contributed by atoms with E-state index in [9.17, 15) is 9.59 Å². The number of hydrogen-bond acceptors (Lipinski definition) is 5. The molecule has 1 heterocycles. The van der Waals surface area contributed by atoms with Gasteiger partial charge in [-0.05, 0) is 43.5 Å². The molecule has 0 unspecified atom stereocenters. The van der Waals surface area contributed by atoms with Gasteiger partial charge in [-0.25, -0.2) is 4.79 Å². The van der Waals surface area contributed by atoms with Crippen LogP contribution in [0.15, 0.2) is 42.6 Å². The summed E-state index contributed by atoms with van der Waals surface area (Å²) in [5.41, 5.74) is 1.83. The van der Waals surface area contributed by atoms with E-state index in [0.29, 0.717) is 17.2 Å². The normalized spacial score (nSPS) is 10.5. The maximum absolute atomic E-state index is 12.5. The van der Waals surface area contributed by atoms with Crippen molar-refractivity contribution in [3.63, 3.8) is 0 Å². The fraction of sp³-hybridized carbons (Fsp3) is 0.350. The molecular weight excluding hydrogens is 330 g/mol. The Hall–Kier alpha value is -2.89. The highest BCUT2D eigenvalue weighted by atomic mass is 16.5. The quantitative estimate of drug-likeness (QED) is 0.700. The molecule has 0 spiro atoms. The number of ether oxygens (including phenoxy) is 1. The molecule has 138 valence electrons. The van der Waals surface area contributed by atoms with E-state index < -0.39 is 5.97 Å². The molecule has 0 bridgehead atoms. The van der Waals surface area contributed by atoms with Crippen LogP contribution < -0.4 is 10.6 Å². The fourth-order valence-corrected chi connectivity index (χ4v) is 2.34. The predicted octanol–water partition coefficient (Wildman–Crippen LogP) is 3.97. The molecule has 0 radical (unpaired) electrons. The van der Waals surface area contributed by atoms with Gasteiger partial charge in [-0.3, -0.25) is 9.78 Å². The number of hydrogen-bond donors (Lipinski definition) is 2. The second-order valence-electron chi connectivity index (χ2n) is 6.26. The van der Waals surface area contributed by atoms with Gasteiger partial charge in [-0.1, -0.05) is 26.0 Å². The van der Waals surface area contributed by atoms with E-state index in [1.165, 1.54) is 0 Å². The Kier molecular flexibility index (Phi) is 7.14. The standard InChI is InChI=1S/C20H25N3O3/c1-4-26-20(25)16-7-5-6-8-17(16)23-19(24)18-13-15(10-12-22-18)21-11-9-14(2)3/h5-8,10,12-14H,4,9,11H2,1-3H3,(H,21,22)(H,23,24). The van der Waals surface area contributed by atoms with E-state index in [1.54, 1.807) is 43.5 Å². The Balaban J connectivity index is 2.10. The van der Waals surface area contributed by atoms with Crippen molar-refractivity contribution < 1.29 is 14.3 Å². The summed E-state index contributed by atoms with van der Waals surface area (Å²) in [6, 6.07) is 10.3. The van der Waals surface area contributed by atoms with Gasteiger partial charge < -0.3 is 15.4 Å². The molecular formula is C20H25N3O3. The molecule has 0 atom stereocenters. The molecule has 0 saturated heterocycles. The molecule has 1 amide bonds. The Morgan fingerprint density at radius 2 is 1.96 bits per heavy atom. The first-order chi connectivity index (χ1) is 12.5. The summed E-state index contributed by atoms with van der Waals surface area (Å²) in [4.78, 5) is 28.7. The predicted molar refractivity (Wildman–Crippen MR) is 103 cm³/mol. The molecule has 0 aliphatic heterocycles. The zero-order valence-corrected chi connectivity index (χ0v) is 15.4. The minimum Gasteiger partial charge on any atom is -0.462 e. The van der Waals surface area contributed by atoms with Crippen LogP contribution in [0.4, 0.5) is 11.4 Å². The van der Waals surface area contributed by atoms with E-state index in [0.717, 1.165) is 18.7 Å². The van der Waals surface area contributed by atoms with Crippen LogP contribution in [0.5, 0.6) is 0 Å². The number of para-hydroxylation sites is 1. The summed E-state index contributed by atoms with van der Waals surface area (Å²) in [5.74, 6) is -0.249. The molecule has 6 heteroatoms. The fourth-order valence-electron chi connectivity index (χ4n) is 2.34. The number of benzene rings is 1. The first kappa shape index (κ1) is 19.4. The number of aromatic nitrogens is 1. The highest BCUT2D eigenvalue weighted by Gasteiger charge is 2.15. The number of carbonyl (C=O) groups is 2. The summed E-state index contributed by atoms with van der Waals surface area (Å²) < 4.78 is 5.02. The lowest BCUT2D eigenvalue weighted by Gasteiger charge is -2.11. The van der Waals surface area contributed by atoms with E-state index in [4.69, 9.17) is 4.74 Å². The van der Waals surface area contributed by atoms with E-state index >= 15 is 0 Å². The van der Waals surface area contributed by atoms with Gasteiger partial charge in [0, 0.05) is 18.4 Å². The molecule has 0 aliphatic carbocycles. The summed E-state index contributed by atoms with van der Waals surface area (Å²) in [7, 11) is 0. The first-order valence-electron chi connectivity index (χ1n) is 8.78. The highest BCUT2D eigenvalue weighted by Crippen LogP contribution is 2.18. The molecule has 2 N–H and O–H groups in total. The van der Waals surface area contributed by atoms with Crippen LogP contribution in [-0.2, 0) is 4.74 Å². The summed E-state index contributed by atoms with van der Waals surface area (Å²) in [5, 5.41) is 6.02. The SMILES string of the molecule is CCOC(=O)c1ccccc1NC(=O)c1cc(NCCC(C)C)ccn1. The Morgan fingerprint density at radius 1 is 1.19 bits per heavy atom. The van der Waals surface area contributed by atoms with Crippen molar-refractivity contribution in [2.45, 2.75) is 27.2 Å². The minimum absolute atomic E-state index is 0.271. The number of carbonyl (C=O) groups excluding carboxylic acids is 2. The van der Waals surface area contributed by atoms with Crippen LogP contribution in [-0.4, -0.2) is 30.0 Å². The number of anilines is 2. The second-order valence-corrected chi connectivity index (χ2v) is 6.26. The molecule has 0 aliphatic rings. The molecule has 2 rings (SSSR count). The van der Waals surface area contributed by atoms with Gasteiger partial charge >= 0.3 is 5.97 Å². The number of rotatable bonds is 8. The molecule has 26 heavy (non-hydrogen) atoms. The lowest BCUT2D eigenvalue weighted by molar-refractivity contribution is 0.0527. The lowest BCUT2D eigenvalue weighted by Crippen LogP contribution is -2.17. The zero-order valence-electron chi connectivity index (χ0n) is 15.4. The van der Waals surface area contributed by atoms with Crippen LogP contribution >= 0.6 is 0 Å². The van der Waals surface area contributed by atoms with Gasteiger partial charge in [-0.2, -0.15) is 0 Å². The highest BCUT2D eigenvalue weighted by molar-refractivity contribution is 6.07. The van der Waals surface area contributed by atoms with Crippen molar-refractivity contribution in [2.75, 3.05) is 23.8 Å². The Labute approximate surface area is 154 Å². The van der Waals surface area contributed by atoms with E-state index in [1.807, 2.05) is 6.07 Å². The van der Waals surface area contributed by atoms with Crippen molar-refractivity contribution in [3.05, 3.63) is 53.9 Å². The van der Waals surface area contributed by atoms with Gasteiger partial charge in [0.25, 0.3) is 5.91 Å². The maximum atomic E-state index is 12.5. The van der Waals surface area contributed by atoms with Gasteiger partial charge in [0.05, 0.1) is 17.9 Å². The molecule has 6 nitrogen and oxygen atoms in total.